The van der Waals surface area contributed by atoms with Gasteiger partial charge in [0.2, 0.25) is 0 Å². The van der Waals surface area contributed by atoms with Crippen molar-refractivity contribution in [2.75, 3.05) is 19.6 Å². The van der Waals surface area contributed by atoms with Gasteiger partial charge in [0.1, 0.15) is 11.4 Å². The third-order valence-electron chi connectivity index (χ3n) is 7.58. The number of nitrogens with zero attached hydrogens (tertiary/aromatic N) is 1. The summed E-state index contributed by atoms with van der Waals surface area (Å²) in [5.74, 6) is 1.35. The Bertz CT molecular complexity index is 1150. The topological polar surface area (TPSA) is 29.5 Å². The Labute approximate surface area is 202 Å². The Morgan fingerprint density at radius 3 is 2.42 bits per heavy atom. The normalized spacial score (nSPS) is 17.6. The van der Waals surface area contributed by atoms with Crippen molar-refractivity contribution >= 4 is 18.2 Å². The zero-order chi connectivity index (χ0) is 21.5. The van der Waals surface area contributed by atoms with Crippen molar-refractivity contribution in [1.82, 2.24) is 4.90 Å². The summed E-state index contributed by atoms with van der Waals surface area (Å²) in [6.45, 7) is 3.09. The largest absolute Gasteiger partial charge is 0.487 e. The average molecular weight is 460 g/mol. The molecule has 1 fully saturated rings. The van der Waals surface area contributed by atoms with Crippen LogP contribution < -0.4 is 4.74 Å². The molecule has 3 aromatic rings. The van der Waals surface area contributed by atoms with E-state index in [2.05, 4.69) is 59.5 Å². The minimum atomic E-state index is -0.00596. The first-order valence-corrected chi connectivity index (χ1v) is 11.9. The lowest BCUT2D eigenvalue weighted by Crippen LogP contribution is -2.47. The molecule has 3 aliphatic rings. The van der Waals surface area contributed by atoms with Crippen molar-refractivity contribution < 1.29 is 9.53 Å². The molecule has 33 heavy (non-hydrogen) atoms. The maximum absolute atomic E-state index is 13.1. The Morgan fingerprint density at radius 2 is 1.61 bits per heavy atom. The van der Waals surface area contributed by atoms with Crippen molar-refractivity contribution in [3.63, 3.8) is 0 Å². The number of rotatable bonds is 5. The van der Waals surface area contributed by atoms with Crippen LogP contribution in [-0.4, -0.2) is 35.9 Å². The van der Waals surface area contributed by atoms with Gasteiger partial charge in [-0.3, -0.25) is 4.79 Å². The first-order chi connectivity index (χ1) is 15.7. The quantitative estimate of drug-likeness (QED) is 0.337. The molecule has 3 nitrogen and oxygen atoms in total. The monoisotopic (exact) mass is 459 g/mol. The number of Topliss-reactive ketones (excluding diaryl/α,β-unsaturated/α-hetero) is 1. The van der Waals surface area contributed by atoms with Gasteiger partial charge in [0.05, 0.1) is 0 Å². The predicted molar refractivity (Wildman–Crippen MR) is 135 cm³/mol. The Morgan fingerprint density at radius 1 is 0.879 bits per heavy atom. The lowest BCUT2D eigenvalue weighted by molar-refractivity contribution is 0.0190. The van der Waals surface area contributed by atoms with Gasteiger partial charge < -0.3 is 9.64 Å². The molecule has 1 spiro atoms. The first kappa shape index (κ1) is 22.2. The number of piperidine rings is 1. The number of ether oxygens (including phenoxy) is 1. The molecule has 0 amide bonds. The van der Waals surface area contributed by atoms with E-state index in [1.54, 1.807) is 0 Å². The van der Waals surface area contributed by atoms with Crippen LogP contribution in [0.2, 0.25) is 0 Å². The zero-order valence-electron chi connectivity index (χ0n) is 18.9. The minimum Gasteiger partial charge on any atom is -0.487 e. The molecule has 0 N–H and O–H groups in total. The van der Waals surface area contributed by atoms with Gasteiger partial charge in [-0.1, -0.05) is 60.7 Å². The van der Waals surface area contributed by atoms with Gasteiger partial charge >= 0.3 is 0 Å². The number of hydrogen-bond donors (Lipinski definition) is 0. The molecule has 6 rings (SSSR count). The molecule has 2 heterocycles. The fourth-order valence-electron chi connectivity index (χ4n) is 5.85. The lowest BCUT2D eigenvalue weighted by Gasteiger charge is -2.38. The molecule has 4 heteroatoms. The van der Waals surface area contributed by atoms with Crippen LogP contribution >= 0.6 is 12.4 Å². The van der Waals surface area contributed by atoms with Gasteiger partial charge in [-0.25, -0.2) is 0 Å². The zero-order valence-corrected chi connectivity index (χ0v) is 19.7. The van der Waals surface area contributed by atoms with Crippen LogP contribution in [-0.2, 0) is 12.8 Å². The van der Waals surface area contributed by atoms with E-state index in [0.29, 0.717) is 6.42 Å². The van der Waals surface area contributed by atoms with Gasteiger partial charge in [-0.05, 0) is 53.3 Å². The van der Waals surface area contributed by atoms with Gasteiger partial charge in [0.25, 0.3) is 0 Å². The van der Waals surface area contributed by atoms with Crippen LogP contribution in [0.1, 0.15) is 52.7 Å². The number of halogens is 1. The summed E-state index contributed by atoms with van der Waals surface area (Å²) in [7, 11) is 0. The number of carbonyl (C=O) groups excluding carboxylic acids is 1. The second-order valence-corrected chi connectivity index (χ2v) is 9.61. The highest BCUT2D eigenvalue weighted by atomic mass is 35.5. The van der Waals surface area contributed by atoms with Crippen molar-refractivity contribution in [2.24, 2.45) is 0 Å². The van der Waals surface area contributed by atoms with Gasteiger partial charge in [0.15, 0.2) is 5.78 Å². The number of likely N-dealkylation sites (tertiary alicyclic amines) is 1. The van der Waals surface area contributed by atoms with E-state index >= 15 is 0 Å². The molecule has 0 bridgehead atoms. The van der Waals surface area contributed by atoms with Gasteiger partial charge in [-0.15, -0.1) is 12.4 Å². The standard InChI is InChI=1S/C29H29NO2.ClH/c31-26(25-11-5-9-22-19-21-7-1-3-10-24(21)28(22)25)12-6-16-30-17-14-29(15-18-30)20-23-8-2-4-13-27(23)32-29;/h1-5,7-11,13H,6,12,14-20H2;1H. The van der Waals surface area contributed by atoms with E-state index in [4.69, 9.17) is 4.74 Å². The smallest absolute Gasteiger partial charge is 0.163 e. The minimum absolute atomic E-state index is 0. The first-order valence-electron chi connectivity index (χ1n) is 11.9. The Hall–Kier alpha value is -2.62. The summed E-state index contributed by atoms with van der Waals surface area (Å²) in [6, 6.07) is 23.2. The Kier molecular flexibility index (Phi) is 6.03. The second-order valence-electron chi connectivity index (χ2n) is 9.61. The van der Waals surface area contributed by atoms with Crippen molar-refractivity contribution in [3.05, 3.63) is 89.0 Å². The van der Waals surface area contributed by atoms with Crippen molar-refractivity contribution in [1.29, 1.82) is 0 Å². The molecule has 170 valence electrons. The molecule has 1 saturated heterocycles. The van der Waals surface area contributed by atoms with Crippen LogP contribution in [0.5, 0.6) is 5.75 Å². The van der Waals surface area contributed by atoms with Crippen molar-refractivity contribution in [2.45, 2.75) is 44.1 Å². The summed E-state index contributed by atoms with van der Waals surface area (Å²) < 4.78 is 6.37. The number of ketones is 1. The van der Waals surface area contributed by atoms with Crippen LogP contribution in [0.15, 0.2) is 66.7 Å². The van der Waals surface area contributed by atoms with E-state index in [-0.39, 0.29) is 23.8 Å². The number of fused-ring (bicyclic) bond motifs is 4. The van der Waals surface area contributed by atoms with E-state index in [0.717, 1.165) is 63.1 Å². The third-order valence-corrected chi connectivity index (χ3v) is 7.58. The fourth-order valence-corrected chi connectivity index (χ4v) is 5.85. The summed E-state index contributed by atoms with van der Waals surface area (Å²) in [6.07, 6.45) is 5.64. The summed E-state index contributed by atoms with van der Waals surface area (Å²) in [5, 5.41) is 0. The van der Waals surface area contributed by atoms with Gasteiger partial charge in [0, 0.05) is 44.3 Å². The number of hydrogen-bond acceptors (Lipinski definition) is 3. The van der Waals surface area contributed by atoms with Crippen LogP contribution in [0.3, 0.4) is 0 Å². The molecule has 2 aliphatic heterocycles. The number of carbonyl (C=O) groups is 1. The predicted octanol–water partition coefficient (Wildman–Crippen LogP) is 6.11. The maximum Gasteiger partial charge on any atom is 0.163 e. The number of benzene rings is 3. The average Bonchev–Trinajstić information content (AvgIpc) is 3.38. The van der Waals surface area contributed by atoms with Crippen molar-refractivity contribution in [3.8, 4) is 16.9 Å². The van der Waals surface area contributed by atoms with Crippen LogP contribution in [0.4, 0.5) is 0 Å². The van der Waals surface area contributed by atoms with Crippen LogP contribution in [0, 0.1) is 0 Å². The highest BCUT2D eigenvalue weighted by Crippen LogP contribution is 2.41. The molecule has 3 aromatic carbocycles. The van der Waals surface area contributed by atoms with Crippen LogP contribution in [0.25, 0.3) is 11.1 Å². The SMILES string of the molecule is Cl.O=C(CCCN1CCC2(CC1)Cc1ccccc1O2)c1cccc2c1-c1ccccc1C2. The van der Waals surface area contributed by atoms with E-state index < -0.39 is 0 Å². The summed E-state index contributed by atoms with van der Waals surface area (Å²) in [5.41, 5.74) is 7.28. The molecule has 0 radical (unpaired) electrons. The third kappa shape index (κ3) is 4.09. The van der Waals surface area contributed by atoms with E-state index in [1.165, 1.54) is 27.8 Å². The summed E-state index contributed by atoms with van der Waals surface area (Å²) in [4.78, 5) is 15.7. The maximum atomic E-state index is 13.1. The number of para-hydroxylation sites is 1. The molecule has 0 saturated carbocycles. The fraction of sp³-hybridized carbons (Fsp3) is 0.345. The highest BCUT2D eigenvalue weighted by Gasteiger charge is 2.41. The molecule has 0 unspecified atom stereocenters. The lowest BCUT2D eigenvalue weighted by atomic mass is 9.87. The molecule has 0 atom stereocenters. The summed E-state index contributed by atoms with van der Waals surface area (Å²) >= 11 is 0. The second kappa shape index (κ2) is 8.96. The van der Waals surface area contributed by atoms with E-state index in [1.807, 2.05) is 12.1 Å². The highest BCUT2D eigenvalue weighted by molar-refractivity contribution is 6.04. The molecule has 1 aliphatic carbocycles. The van der Waals surface area contributed by atoms with E-state index in [9.17, 15) is 4.79 Å². The molecular formula is C29H30ClNO2. The Balaban J connectivity index is 0.00000228. The molecular weight excluding hydrogens is 430 g/mol. The van der Waals surface area contributed by atoms with Gasteiger partial charge in [-0.2, -0.15) is 0 Å². The molecule has 0 aromatic heterocycles.